The smallest absolute Gasteiger partial charge is 0.0352 e. The average molecular weight is 248 g/mol. The number of rotatable bonds is 2. The van der Waals surface area contributed by atoms with E-state index >= 15 is 0 Å². The van der Waals surface area contributed by atoms with Crippen LogP contribution in [0, 0.1) is 35.5 Å². The summed E-state index contributed by atoms with van der Waals surface area (Å²) in [5.41, 5.74) is 0. The van der Waals surface area contributed by atoms with Crippen LogP contribution in [-0.2, 0) is 0 Å². The summed E-state index contributed by atoms with van der Waals surface area (Å²) in [6, 6.07) is 0. The lowest BCUT2D eigenvalue weighted by molar-refractivity contribution is 0.125. The SMILES string of the molecule is CC1CC(C(C)C2CCCCC2)C2CCCCC12. The predicted octanol–water partition coefficient (Wildman–Crippen LogP) is 5.67. The van der Waals surface area contributed by atoms with Gasteiger partial charge in [-0.3, -0.25) is 0 Å². The van der Waals surface area contributed by atoms with Crippen LogP contribution in [0.15, 0.2) is 0 Å². The summed E-state index contributed by atoms with van der Waals surface area (Å²) in [6.45, 7) is 5.17. The third-order valence-electron chi connectivity index (χ3n) is 6.87. The molecule has 0 N–H and O–H groups in total. The molecule has 0 aliphatic heterocycles. The van der Waals surface area contributed by atoms with Crippen molar-refractivity contribution in [2.75, 3.05) is 0 Å². The quantitative estimate of drug-likeness (QED) is 0.591. The minimum Gasteiger partial charge on any atom is -0.0622 e. The summed E-state index contributed by atoms with van der Waals surface area (Å²) >= 11 is 0. The van der Waals surface area contributed by atoms with Crippen LogP contribution in [-0.4, -0.2) is 0 Å². The molecule has 0 aromatic heterocycles. The fraction of sp³-hybridized carbons (Fsp3) is 1.00. The van der Waals surface area contributed by atoms with E-state index in [0.29, 0.717) is 0 Å². The first-order valence-electron chi connectivity index (χ1n) is 8.77. The molecule has 0 spiro atoms. The lowest BCUT2D eigenvalue weighted by Gasteiger charge is -2.37. The van der Waals surface area contributed by atoms with Crippen LogP contribution in [0.3, 0.4) is 0 Å². The Hall–Kier alpha value is 0. The monoisotopic (exact) mass is 248 g/mol. The molecule has 18 heavy (non-hydrogen) atoms. The maximum absolute atomic E-state index is 2.62. The van der Waals surface area contributed by atoms with Crippen molar-refractivity contribution in [1.29, 1.82) is 0 Å². The molecule has 0 aromatic carbocycles. The van der Waals surface area contributed by atoms with E-state index in [2.05, 4.69) is 13.8 Å². The van der Waals surface area contributed by atoms with E-state index in [0.717, 1.165) is 35.5 Å². The molecule has 0 saturated heterocycles. The van der Waals surface area contributed by atoms with Gasteiger partial charge in [0.15, 0.2) is 0 Å². The van der Waals surface area contributed by atoms with Crippen molar-refractivity contribution in [2.45, 2.75) is 78.1 Å². The molecule has 0 heterocycles. The molecule has 3 aliphatic carbocycles. The third-order valence-corrected chi connectivity index (χ3v) is 6.87. The number of fused-ring (bicyclic) bond motifs is 1. The van der Waals surface area contributed by atoms with Gasteiger partial charge in [0.1, 0.15) is 0 Å². The minimum atomic E-state index is 1.03. The van der Waals surface area contributed by atoms with Crippen LogP contribution < -0.4 is 0 Å². The molecule has 3 fully saturated rings. The van der Waals surface area contributed by atoms with Crippen molar-refractivity contribution < 1.29 is 0 Å². The van der Waals surface area contributed by atoms with Gasteiger partial charge in [0, 0.05) is 0 Å². The zero-order valence-corrected chi connectivity index (χ0v) is 12.5. The van der Waals surface area contributed by atoms with E-state index in [1.165, 1.54) is 32.1 Å². The van der Waals surface area contributed by atoms with Gasteiger partial charge in [-0.15, -0.1) is 0 Å². The van der Waals surface area contributed by atoms with Crippen LogP contribution in [0.1, 0.15) is 78.1 Å². The summed E-state index contributed by atoms with van der Waals surface area (Å²) in [5.74, 6) is 6.46. The van der Waals surface area contributed by atoms with Gasteiger partial charge in [-0.05, 0) is 54.8 Å². The van der Waals surface area contributed by atoms with Crippen LogP contribution in [0.25, 0.3) is 0 Å². The van der Waals surface area contributed by atoms with Gasteiger partial charge in [0.2, 0.25) is 0 Å². The largest absolute Gasteiger partial charge is 0.0622 e. The molecule has 5 unspecified atom stereocenters. The van der Waals surface area contributed by atoms with Crippen LogP contribution in [0.4, 0.5) is 0 Å². The Morgan fingerprint density at radius 3 is 2.11 bits per heavy atom. The molecule has 3 saturated carbocycles. The van der Waals surface area contributed by atoms with Crippen molar-refractivity contribution in [3.05, 3.63) is 0 Å². The van der Waals surface area contributed by atoms with Gasteiger partial charge in [0.05, 0.1) is 0 Å². The van der Waals surface area contributed by atoms with Gasteiger partial charge in [-0.2, -0.15) is 0 Å². The maximum Gasteiger partial charge on any atom is -0.0352 e. The highest BCUT2D eigenvalue weighted by Crippen LogP contribution is 2.53. The summed E-state index contributed by atoms with van der Waals surface area (Å²) in [6.07, 6.45) is 15.4. The van der Waals surface area contributed by atoms with Crippen molar-refractivity contribution in [1.82, 2.24) is 0 Å². The Morgan fingerprint density at radius 2 is 1.39 bits per heavy atom. The molecule has 104 valence electrons. The normalized spacial score (nSPS) is 43.7. The molecule has 0 nitrogen and oxygen atoms in total. The maximum atomic E-state index is 2.62. The average Bonchev–Trinajstić information content (AvgIpc) is 2.77. The zero-order valence-electron chi connectivity index (χ0n) is 12.5. The topological polar surface area (TPSA) is 0 Å². The second kappa shape index (κ2) is 5.55. The Balaban J connectivity index is 1.67. The van der Waals surface area contributed by atoms with Crippen molar-refractivity contribution in [3.8, 4) is 0 Å². The lowest BCUT2D eigenvalue weighted by atomic mass is 9.68. The molecule has 3 rings (SSSR count). The van der Waals surface area contributed by atoms with Crippen LogP contribution in [0.5, 0.6) is 0 Å². The molecule has 0 heteroatoms. The van der Waals surface area contributed by atoms with E-state index in [1.54, 1.807) is 32.1 Å². The van der Waals surface area contributed by atoms with E-state index in [4.69, 9.17) is 0 Å². The Labute approximate surface area is 114 Å². The van der Waals surface area contributed by atoms with Crippen molar-refractivity contribution in [2.24, 2.45) is 35.5 Å². The van der Waals surface area contributed by atoms with Crippen LogP contribution in [0.2, 0.25) is 0 Å². The van der Waals surface area contributed by atoms with Gasteiger partial charge in [-0.1, -0.05) is 58.8 Å². The Bertz CT molecular complexity index is 263. The highest BCUT2D eigenvalue weighted by molar-refractivity contribution is 4.94. The summed E-state index contributed by atoms with van der Waals surface area (Å²) < 4.78 is 0. The van der Waals surface area contributed by atoms with Gasteiger partial charge in [-0.25, -0.2) is 0 Å². The fourth-order valence-corrected chi connectivity index (χ4v) is 5.82. The Kier molecular flexibility index (Phi) is 4.01. The lowest BCUT2D eigenvalue weighted by Crippen LogP contribution is -2.29. The molecular weight excluding hydrogens is 216 g/mol. The molecule has 0 bridgehead atoms. The van der Waals surface area contributed by atoms with Crippen LogP contribution >= 0.6 is 0 Å². The first-order valence-corrected chi connectivity index (χ1v) is 8.77. The van der Waals surface area contributed by atoms with Crippen molar-refractivity contribution >= 4 is 0 Å². The van der Waals surface area contributed by atoms with E-state index < -0.39 is 0 Å². The molecule has 5 atom stereocenters. The number of hydrogen-bond donors (Lipinski definition) is 0. The molecule has 3 aliphatic rings. The predicted molar refractivity (Wildman–Crippen MR) is 78.5 cm³/mol. The second-order valence-corrected chi connectivity index (χ2v) is 7.75. The van der Waals surface area contributed by atoms with E-state index in [-0.39, 0.29) is 0 Å². The van der Waals surface area contributed by atoms with Gasteiger partial charge < -0.3 is 0 Å². The van der Waals surface area contributed by atoms with Crippen molar-refractivity contribution in [3.63, 3.8) is 0 Å². The fourth-order valence-electron chi connectivity index (χ4n) is 5.82. The summed E-state index contributed by atoms with van der Waals surface area (Å²) in [4.78, 5) is 0. The molecule has 0 amide bonds. The third kappa shape index (κ3) is 2.37. The Morgan fingerprint density at radius 1 is 0.778 bits per heavy atom. The number of hydrogen-bond acceptors (Lipinski definition) is 0. The first kappa shape index (κ1) is 13.0. The molecular formula is C18H32. The summed E-state index contributed by atoms with van der Waals surface area (Å²) in [5, 5.41) is 0. The van der Waals surface area contributed by atoms with E-state index in [1.807, 2.05) is 0 Å². The van der Waals surface area contributed by atoms with Gasteiger partial charge in [0.25, 0.3) is 0 Å². The minimum absolute atomic E-state index is 1.03. The van der Waals surface area contributed by atoms with E-state index in [9.17, 15) is 0 Å². The molecule has 0 radical (unpaired) electrons. The highest BCUT2D eigenvalue weighted by Gasteiger charge is 2.45. The highest BCUT2D eigenvalue weighted by atomic mass is 14.5. The molecule has 0 aromatic rings. The summed E-state index contributed by atoms with van der Waals surface area (Å²) in [7, 11) is 0. The zero-order chi connectivity index (χ0) is 12.5. The second-order valence-electron chi connectivity index (χ2n) is 7.75. The van der Waals surface area contributed by atoms with Gasteiger partial charge >= 0.3 is 0 Å². The standard InChI is InChI=1S/C18H32/c1-13-12-18(17-11-7-6-10-16(13)17)14(2)15-8-4-3-5-9-15/h13-18H,3-12H2,1-2H3. The first-order chi connectivity index (χ1) is 8.77.